The second-order valence-electron chi connectivity index (χ2n) is 6.75. The number of Topliss-reactive ketones (excluding diaryl/α,β-unsaturated/α-hetero) is 1. The maximum atomic E-state index is 12.2. The Morgan fingerprint density at radius 3 is 1.58 bits per heavy atom. The number of benzene rings is 1. The Kier molecular flexibility index (Phi) is 5.78. The summed E-state index contributed by atoms with van der Waals surface area (Å²) >= 11 is 0. The van der Waals surface area contributed by atoms with Crippen molar-refractivity contribution >= 4 is 5.78 Å². The first-order chi connectivity index (χ1) is 8.79. The summed E-state index contributed by atoms with van der Waals surface area (Å²) in [6.07, 6.45) is 2.09. The fourth-order valence-corrected chi connectivity index (χ4v) is 2.42. The number of carbonyl (C=O) groups excluding carboxylic acids is 1. The molecule has 0 heterocycles. The molecule has 1 nitrogen and oxygen atoms in total. The van der Waals surface area contributed by atoms with E-state index in [1.165, 1.54) is 11.1 Å². The van der Waals surface area contributed by atoms with Crippen LogP contribution in [0.1, 0.15) is 63.0 Å². The van der Waals surface area contributed by atoms with Crippen LogP contribution < -0.4 is 0 Å². The van der Waals surface area contributed by atoms with Gasteiger partial charge in [0.2, 0.25) is 0 Å². The number of rotatable bonds is 6. The zero-order valence-corrected chi connectivity index (χ0v) is 13.3. The molecule has 0 amide bonds. The second-order valence-corrected chi connectivity index (χ2v) is 6.75. The van der Waals surface area contributed by atoms with Crippen LogP contribution in [0, 0.1) is 17.8 Å². The fourth-order valence-electron chi connectivity index (χ4n) is 2.42. The molecular weight excluding hydrogens is 232 g/mol. The van der Waals surface area contributed by atoms with E-state index in [2.05, 4.69) is 45.9 Å². The number of ketones is 1. The number of hydrogen-bond donors (Lipinski definition) is 0. The molecule has 1 aromatic rings. The Hall–Kier alpha value is -1.11. The lowest BCUT2D eigenvalue weighted by Gasteiger charge is -2.13. The second kappa shape index (κ2) is 6.88. The van der Waals surface area contributed by atoms with Gasteiger partial charge in [-0.25, -0.2) is 0 Å². The highest BCUT2D eigenvalue weighted by molar-refractivity contribution is 5.97. The van der Waals surface area contributed by atoms with E-state index in [9.17, 15) is 4.79 Å². The molecule has 0 aliphatic rings. The van der Waals surface area contributed by atoms with Crippen LogP contribution in [-0.2, 0) is 12.8 Å². The third-order valence-corrected chi connectivity index (χ3v) is 3.15. The Labute approximate surface area is 118 Å². The molecule has 0 atom stereocenters. The van der Waals surface area contributed by atoms with Crippen molar-refractivity contribution in [2.45, 2.75) is 54.4 Å². The first-order valence-corrected chi connectivity index (χ1v) is 7.46. The molecule has 0 radical (unpaired) electrons. The third-order valence-electron chi connectivity index (χ3n) is 3.15. The molecule has 0 aromatic heterocycles. The Morgan fingerprint density at radius 1 is 0.842 bits per heavy atom. The normalized spacial score (nSPS) is 11.6. The van der Waals surface area contributed by atoms with Crippen LogP contribution in [-0.4, -0.2) is 5.78 Å². The lowest BCUT2D eigenvalue weighted by atomic mass is 9.91. The summed E-state index contributed by atoms with van der Waals surface area (Å²) in [6, 6.07) is 6.45. The molecule has 1 aromatic carbocycles. The predicted octanol–water partition coefficient (Wildman–Crippen LogP) is 4.92. The fraction of sp³-hybridized carbons (Fsp3) is 0.611. The van der Waals surface area contributed by atoms with Gasteiger partial charge in [-0.2, -0.15) is 0 Å². The third kappa shape index (κ3) is 5.18. The van der Waals surface area contributed by atoms with Crippen LogP contribution in [0.25, 0.3) is 0 Å². The quantitative estimate of drug-likeness (QED) is 0.663. The van der Waals surface area contributed by atoms with Gasteiger partial charge in [-0.3, -0.25) is 4.79 Å². The van der Waals surface area contributed by atoms with Gasteiger partial charge in [0.05, 0.1) is 0 Å². The van der Waals surface area contributed by atoms with E-state index >= 15 is 0 Å². The van der Waals surface area contributed by atoms with Gasteiger partial charge < -0.3 is 0 Å². The zero-order chi connectivity index (χ0) is 14.6. The first-order valence-electron chi connectivity index (χ1n) is 7.46. The van der Waals surface area contributed by atoms with E-state index in [-0.39, 0.29) is 11.7 Å². The van der Waals surface area contributed by atoms with Crippen LogP contribution in [0.5, 0.6) is 0 Å². The molecular formula is C18H28O. The summed E-state index contributed by atoms with van der Waals surface area (Å²) in [7, 11) is 0. The maximum Gasteiger partial charge on any atom is 0.165 e. The Balaban J connectivity index is 3.12. The minimum absolute atomic E-state index is 0.0706. The summed E-state index contributed by atoms with van der Waals surface area (Å²) in [6.45, 7) is 12.8. The monoisotopic (exact) mass is 260 g/mol. The molecule has 1 rings (SSSR count). The van der Waals surface area contributed by atoms with E-state index in [0.717, 1.165) is 18.4 Å². The van der Waals surface area contributed by atoms with Crippen LogP contribution in [0.15, 0.2) is 18.2 Å². The average molecular weight is 260 g/mol. The van der Waals surface area contributed by atoms with Crippen molar-refractivity contribution in [2.24, 2.45) is 17.8 Å². The van der Waals surface area contributed by atoms with Gasteiger partial charge in [-0.1, -0.05) is 47.6 Å². The lowest BCUT2D eigenvalue weighted by Crippen LogP contribution is -2.10. The van der Waals surface area contributed by atoms with E-state index in [4.69, 9.17) is 0 Å². The molecule has 0 saturated carbocycles. The van der Waals surface area contributed by atoms with Crippen molar-refractivity contribution in [1.82, 2.24) is 0 Å². The largest absolute Gasteiger partial charge is 0.294 e. The van der Waals surface area contributed by atoms with Gasteiger partial charge in [0, 0.05) is 11.5 Å². The molecule has 0 aliphatic heterocycles. The van der Waals surface area contributed by atoms with Crippen LogP contribution in [0.4, 0.5) is 0 Å². The summed E-state index contributed by atoms with van der Waals surface area (Å²) < 4.78 is 0. The highest BCUT2D eigenvalue weighted by Gasteiger charge is 2.13. The lowest BCUT2D eigenvalue weighted by molar-refractivity contribution is 0.0939. The van der Waals surface area contributed by atoms with Crippen molar-refractivity contribution in [2.75, 3.05) is 0 Å². The minimum atomic E-state index is 0.0706. The van der Waals surface area contributed by atoms with Crippen molar-refractivity contribution in [1.29, 1.82) is 0 Å². The summed E-state index contributed by atoms with van der Waals surface area (Å²) in [4.78, 5) is 12.2. The number of hydrogen-bond acceptors (Lipinski definition) is 1. The van der Waals surface area contributed by atoms with Crippen LogP contribution in [0.2, 0.25) is 0 Å². The van der Waals surface area contributed by atoms with E-state index in [0.29, 0.717) is 11.8 Å². The Morgan fingerprint density at radius 2 is 1.26 bits per heavy atom. The van der Waals surface area contributed by atoms with Gasteiger partial charge >= 0.3 is 0 Å². The molecule has 0 bridgehead atoms. The zero-order valence-electron chi connectivity index (χ0n) is 13.3. The minimum Gasteiger partial charge on any atom is -0.294 e. The van der Waals surface area contributed by atoms with Crippen molar-refractivity contribution in [3.63, 3.8) is 0 Å². The van der Waals surface area contributed by atoms with Gasteiger partial charge in [0.25, 0.3) is 0 Å². The van der Waals surface area contributed by atoms with E-state index in [1.807, 2.05) is 13.8 Å². The first kappa shape index (κ1) is 15.9. The predicted molar refractivity (Wildman–Crippen MR) is 82.7 cm³/mol. The molecule has 0 saturated heterocycles. The number of carbonyl (C=O) groups is 1. The average Bonchev–Trinajstić information content (AvgIpc) is 2.25. The summed E-state index contributed by atoms with van der Waals surface area (Å²) in [5, 5.41) is 0. The maximum absolute atomic E-state index is 12.2. The van der Waals surface area contributed by atoms with Gasteiger partial charge in [-0.05, 0) is 47.9 Å². The molecule has 106 valence electrons. The molecule has 0 N–H and O–H groups in total. The Bertz CT molecular complexity index is 399. The highest BCUT2D eigenvalue weighted by Crippen LogP contribution is 2.19. The molecule has 1 heteroatoms. The molecule has 0 unspecified atom stereocenters. The van der Waals surface area contributed by atoms with Crippen molar-refractivity contribution < 1.29 is 4.79 Å². The summed E-state index contributed by atoms with van der Waals surface area (Å²) in [5.74, 6) is 1.57. The van der Waals surface area contributed by atoms with Crippen LogP contribution >= 0.6 is 0 Å². The van der Waals surface area contributed by atoms with Crippen molar-refractivity contribution in [3.8, 4) is 0 Å². The van der Waals surface area contributed by atoms with Crippen molar-refractivity contribution in [3.05, 3.63) is 34.9 Å². The smallest absolute Gasteiger partial charge is 0.165 e. The van der Waals surface area contributed by atoms with Gasteiger partial charge in [0.1, 0.15) is 0 Å². The molecule has 0 spiro atoms. The standard InChI is InChI=1S/C18H28O/c1-12(2)7-15-9-16(8-13(3)4)11-17(10-15)18(19)14(5)6/h9-14H,7-8H2,1-6H3. The van der Waals surface area contributed by atoms with Crippen LogP contribution in [0.3, 0.4) is 0 Å². The molecule has 0 fully saturated rings. The van der Waals surface area contributed by atoms with Gasteiger partial charge in [0.15, 0.2) is 5.78 Å². The van der Waals surface area contributed by atoms with E-state index in [1.54, 1.807) is 0 Å². The molecule has 0 aliphatic carbocycles. The topological polar surface area (TPSA) is 17.1 Å². The highest BCUT2D eigenvalue weighted by atomic mass is 16.1. The van der Waals surface area contributed by atoms with Gasteiger partial charge in [-0.15, -0.1) is 0 Å². The summed E-state index contributed by atoms with van der Waals surface area (Å²) in [5.41, 5.74) is 3.50. The SMILES string of the molecule is CC(C)Cc1cc(CC(C)C)cc(C(=O)C(C)C)c1. The van der Waals surface area contributed by atoms with E-state index < -0.39 is 0 Å². The molecule has 19 heavy (non-hydrogen) atoms.